The Morgan fingerprint density at radius 2 is 2.00 bits per heavy atom. The first kappa shape index (κ1) is 17.4. The summed E-state index contributed by atoms with van der Waals surface area (Å²) in [6.45, 7) is 4.06. The largest absolute Gasteiger partial charge is 0.463 e. The van der Waals surface area contributed by atoms with Crippen molar-refractivity contribution < 1.29 is 18.7 Å². The molecular weight excluding hydrogens is 351 g/mol. The molecule has 7 nitrogen and oxygen atoms in total. The zero-order chi connectivity index (χ0) is 19.3. The number of anilines is 1. The number of methoxy groups -OCH3 is 1. The molecule has 0 saturated carbocycles. The van der Waals surface area contributed by atoms with Gasteiger partial charge in [0.05, 0.1) is 7.11 Å². The molecular formula is C19H19FN4O3. The van der Waals surface area contributed by atoms with E-state index in [0.717, 1.165) is 5.70 Å². The van der Waals surface area contributed by atoms with E-state index in [9.17, 15) is 14.0 Å². The van der Waals surface area contributed by atoms with Crippen molar-refractivity contribution in [2.75, 3.05) is 12.4 Å². The van der Waals surface area contributed by atoms with Gasteiger partial charge in [-0.3, -0.25) is 4.79 Å². The van der Waals surface area contributed by atoms with Crippen LogP contribution in [-0.2, 0) is 9.53 Å². The van der Waals surface area contributed by atoms with Gasteiger partial charge in [0.1, 0.15) is 11.9 Å². The fourth-order valence-corrected chi connectivity index (χ4v) is 3.74. The van der Waals surface area contributed by atoms with E-state index in [-0.39, 0.29) is 22.8 Å². The minimum Gasteiger partial charge on any atom is -0.463 e. The quantitative estimate of drug-likeness (QED) is 0.818. The van der Waals surface area contributed by atoms with E-state index in [4.69, 9.17) is 4.74 Å². The number of nitrogens with one attached hydrogen (secondary N) is 1. The molecule has 2 heterocycles. The summed E-state index contributed by atoms with van der Waals surface area (Å²) in [5.74, 6) is -0.773. The van der Waals surface area contributed by atoms with Crippen LogP contribution in [-0.4, -0.2) is 33.6 Å². The maximum atomic E-state index is 13.4. The normalized spacial score (nSPS) is 20.6. The van der Waals surface area contributed by atoms with Gasteiger partial charge in [-0.1, -0.05) is 26.0 Å². The molecule has 1 aliphatic heterocycles. The smallest absolute Gasteiger partial charge is 0.378 e. The zero-order valence-corrected chi connectivity index (χ0v) is 15.2. The molecule has 2 aliphatic rings. The lowest BCUT2D eigenvalue weighted by Gasteiger charge is -2.38. The molecule has 0 amide bonds. The van der Waals surface area contributed by atoms with E-state index in [1.807, 2.05) is 13.8 Å². The maximum Gasteiger partial charge on any atom is 0.378 e. The summed E-state index contributed by atoms with van der Waals surface area (Å²) < 4.78 is 19.6. The topological polar surface area (TPSA) is 86.1 Å². The molecule has 0 fully saturated rings. The van der Waals surface area contributed by atoms with Crippen molar-refractivity contribution in [1.29, 1.82) is 0 Å². The second kappa shape index (κ2) is 6.00. The Morgan fingerprint density at radius 3 is 2.67 bits per heavy atom. The molecule has 27 heavy (non-hydrogen) atoms. The number of carbonyl (C=O) groups excluding carboxylic acids is 2. The Labute approximate surface area is 155 Å². The number of nitrogens with zero attached hydrogens (tertiary/aromatic N) is 3. The number of benzene rings is 1. The summed E-state index contributed by atoms with van der Waals surface area (Å²) >= 11 is 0. The Balaban J connectivity index is 1.90. The number of halogens is 1. The van der Waals surface area contributed by atoms with Crippen molar-refractivity contribution in [2.24, 2.45) is 5.41 Å². The van der Waals surface area contributed by atoms with Crippen LogP contribution >= 0.6 is 0 Å². The molecule has 0 spiro atoms. The Kier molecular flexibility index (Phi) is 3.87. The first-order valence-corrected chi connectivity index (χ1v) is 8.63. The highest BCUT2D eigenvalue weighted by molar-refractivity contribution is 6.00. The van der Waals surface area contributed by atoms with E-state index in [0.29, 0.717) is 29.9 Å². The van der Waals surface area contributed by atoms with Crippen LogP contribution in [0.25, 0.3) is 0 Å². The number of allylic oxidation sites excluding steroid dienone is 2. The SMILES string of the molecule is COC(=O)c1nc2n(n1)[C@@H](c1ccc(F)cc1)C1=C(CC(C)(C)CC1=O)N2. The molecule has 0 saturated heterocycles. The van der Waals surface area contributed by atoms with E-state index in [1.54, 1.807) is 12.1 Å². The van der Waals surface area contributed by atoms with Crippen LogP contribution in [0.15, 0.2) is 35.5 Å². The highest BCUT2D eigenvalue weighted by Gasteiger charge is 2.42. The molecule has 1 aliphatic carbocycles. The van der Waals surface area contributed by atoms with Gasteiger partial charge in [0, 0.05) is 17.7 Å². The number of ether oxygens (including phenoxy) is 1. The molecule has 1 N–H and O–H groups in total. The summed E-state index contributed by atoms with van der Waals surface area (Å²) in [7, 11) is 1.25. The number of esters is 1. The molecule has 0 bridgehead atoms. The van der Waals surface area contributed by atoms with Gasteiger partial charge in [0.25, 0.3) is 5.82 Å². The van der Waals surface area contributed by atoms with Crippen LogP contribution in [0, 0.1) is 11.2 Å². The van der Waals surface area contributed by atoms with Gasteiger partial charge in [-0.15, -0.1) is 5.10 Å². The highest BCUT2D eigenvalue weighted by atomic mass is 19.1. The second-order valence-electron chi connectivity index (χ2n) is 7.61. The third-order valence-electron chi connectivity index (χ3n) is 4.89. The predicted molar refractivity (Wildman–Crippen MR) is 94.6 cm³/mol. The lowest BCUT2D eigenvalue weighted by Crippen LogP contribution is -2.36. The maximum absolute atomic E-state index is 13.4. The number of aromatic nitrogens is 3. The highest BCUT2D eigenvalue weighted by Crippen LogP contribution is 2.45. The van der Waals surface area contributed by atoms with Crippen LogP contribution in [0.4, 0.5) is 10.3 Å². The Morgan fingerprint density at radius 1 is 1.30 bits per heavy atom. The van der Waals surface area contributed by atoms with Crippen molar-refractivity contribution in [3.05, 3.63) is 52.7 Å². The van der Waals surface area contributed by atoms with Gasteiger partial charge in [-0.05, 0) is 29.5 Å². The third kappa shape index (κ3) is 2.90. The number of Topliss-reactive ketones (excluding diaryl/α,β-unsaturated/α-hetero) is 1. The molecule has 0 radical (unpaired) electrons. The number of rotatable bonds is 2. The summed E-state index contributed by atoms with van der Waals surface area (Å²) in [5.41, 5.74) is 1.85. The summed E-state index contributed by atoms with van der Waals surface area (Å²) in [6.07, 6.45) is 1.06. The van der Waals surface area contributed by atoms with Gasteiger partial charge in [0.15, 0.2) is 5.78 Å². The number of fused-ring (bicyclic) bond motifs is 1. The van der Waals surface area contributed by atoms with Crippen molar-refractivity contribution in [3.8, 4) is 0 Å². The van der Waals surface area contributed by atoms with Crippen LogP contribution in [0.5, 0.6) is 0 Å². The van der Waals surface area contributed by atoms with Crippen LogP contribution < -0.4 is 5.32 Å². The van der Waals surface area contributed by atoms with E-state index in [2.05, 4.69) is 15.4 Å². The zero-order valence-electron chi connectivity index (χ0n) is 15.2. The fraction of sp³-hybridized carbons (Fsp3) is 0.368. The van der Waals surface area contributed by atoms with Crippen LogP contribution in [0.2, 0.25) is 0 Å². The summed E-state index contributed by atoms with van der Waals surface area (Å²) in [6, 6.07) is 5.34. The minimum atomic E-state index is -0.666. The molecule has 140 valence electrons. The monoisotopic (exact) mass is 370 g/mol. The van der Waals surface area contributed by atoms with Gasteiger partial charge >= 0.3 is 5.97 Å². The van der Waals surface area contributed by atoms with Crippen LogP contribution in [0.3, 0.4) is 0 Å². The van der Waals surface area contributed by atoms with Crippen molar-refractivity contribution >= 4 is 17.7 Å². The van der Waals surface area contributed by atoms with E-state index >= 15 is 0 Å². The number of hydrogen-bond donors (Lipinski definition) is 1. The van der Waals surface area contributed by atoms with Gasteiger partial charge in [-0.2, -0.15) is 4.98 Å². The predicted octanol–water partition coefficient (Wildman–Crippen LogP) is 2.86. The lowest BCUT2D eigenvalue weighted by molar-refractivity contribution is -0.118. The average Bonchev–Trinajstić information content (AvgIpc) is 3.02. The first-order valence-electron chi connectivity index (χ1n) is 8.63. The van der Waals surface area contributed by atoms with Gasteiger partial charge in [0.2, 0.25) is 5.95 Å². The fourth-order valence-electron chi connectivity index (χ4n) is 3.74. The average molecular weight is 370 g/mol. The summed E-state index contributed by atoms with van der Waals surface area (Å²) in [4.78, 5) is 29.1. The Bertz CT molecular complexity index is 975. The minimum absolute atomic E-state index is 0.00356. The molecule has 0 unspecified atom stereocenters. The van der Waals surface area contributed by atoms with Crippen LogP contribution in [0.1, 0.15) is 48.9 Å². The molecule has 8 heteroatoms. The van der Waals surface area contributed by atoms with Gasteiger partial charge in [-0.25, -0.2) is 13.9 Å². The second-order valence-corrected chi connectivity index (χ2v) is 7.61. The molecule has 1 atom stereocenters. The number of ketones is 1. The van der Waals surface area contributed by atoms with Crippen molar-refractivity contribution in [1.82, 2.24) is 14.8 Å². The molecule has 1 aromatic carbocycles. The van der Waals surface area contributed by atoms with E-state index < -0.39 is 12.0 Å². The first-order chi connectivity index (χ1) is 12.8. The van der Waals surface area contributed by atoms with Gasteiger partial charge < -0.3 is 10.1 Å². The van der Waals surface area contributed by atoms with Crippen molar-refractivity contribution in [2.45, 2.75) is 32.7 Å². The third-order valence-corrected chi connectivity index (χ3v) is 4.89. The van der Waals surface area contributed by atoms with E-state index in [1.165, 1.54) is 23.9 Å². The molecule has 2 aromatic rings. The number of hydrogen-bond acceptors (Lipinski definition) is 6. The number of carbonyl (C=O) groups is 2. The standard InChI is InChI=1S/C19H19FN4O3/c1-19(2)8-12-14(13(25)9-19)15(10-4-6-11(20)7-5-10)24-18(21-12)22-16(23-24)17(26)27-3/h4-7,15H,8-9H2,1-3H3,(H,21,22,23)/t15-/m0/s1. The molecule has 4 rings (SSSR count). The van der Waals surface area contributed by atoms with Crippen molar-refractivity contribution in [3.63, 3.8) is 0 Å². The lowest BCUT2D eigenvalue weighted by atomic mass is 9.73. The Hall–Kier alpha value is -3.03. The molecule has 1 aromatic heterocycles. The summed E-state index contributed by atoms with van der Waals surface area (Å²) in [5, 5.41) is 7.41.